The molecule has 0 aliphatic carbocycles. The van der Waals surface area contributed by atoms with E-state index in [4.69, 9.17) is 16.4 Å². The molecule has 118 valence electrons. The van der Waals surface area contributed by atoms with Crippen LogP contribution in [-0.2, 0) is 4.84 Å². The topological polar surface area (TPSA) is 59.7 Å². The molecule has 0 fully saturated rings. The Hall–Kier alpha value is -2.51. The maximum Gasteiger partial charge on any atom is 0.298 e. The molecule has 23 heavy (non-hydrogen) atoms. The van der Waals surface area contributed by atoms with Crippen LogP contribution in [0.4, 0.5) is 4.39 Å². The Kier molecular flexibility index (Phi) is 3.97. The summed E-state index contributed by atoms with van der Waals surface area (Å²) in [7, 11) is 2.83. The van der Waals surface area contributed by atoms with Gasteiger partial charge in [0.25, 0.3) is 5.91 Å². The summed E-state index contributed by atoms with van der Waals surface area (Å²) in [4.78, 5) is 25.7. The quantitative estimate of drug-likeness (QED) is 0.546. The number of hydrogen-bond donors (Lipinski definition) is 0. The number of amides is 1. The first-order chi connectivity index (χ1) is 11.0. The van der Waals surface area contributed by atoms with Crippen LogP contribution in [0.15, 0.2) is 36.5 Å². The SMILES string of the molecule is CON(C)C(=O)c1nc2ccnc(Cl)n2c1-c1cccc(F)c1. The Labute approximate surface area is 136 Å². The molecule has 0 atom stereocenters. The van der Waals surface area contributed by atoms with Gasteiger partial charge in [0.1, 0.15) is 11.5 Å². The lowest BCUT2D eigenvalue weighted by Gasteiger charge is -2.13. The first-order valence-corrected chi connectivity index (χ1v) is 7.01. The van der Waals surface area contributed by atoms with Crippen molar-refractivity contribution in [2.24, 2.45) is 0 Å². The zero-order chi connectivity index (χ0) is 16.6. The van der Waals surface area contributed by atoms with Crippen LogP contribution in [0, 0.1) is 5.82 Å². The van der Waals surface area contributed by atoms with Crippen LogP contribution >= 0.6 is 11.6 Å². The summed E-state index contributed by atoms with van der Waals surface area (Å²) in [6.45, 7) is 0. The number of benzene rings is 1. The lowest BCUT2D eigenvalue weighted by Crippen LogP contribution is -2.26. The second-order valence-corrected chi connectivity index (χ2v) is 5.05. The van der Waals surface area contributed by atoms with Crippen molar-refractivity contribution in [3.05, 3.63) is 53.3 Å². The molecule has 3 rings (SSSR count). The molecule has 1 aromatic carbocycles. The van der Waals surface area contributed by atoms with Crippen LogP contribution < -0.4 is 0 Å². The average molecular weight is 335 g/mol. The third-order valence-corrected chi connectivity index (χ3v) is 3.62. The number of carbonyl (C=O) groups is 1. The second kappa shape index (κ2) is 5.94. The second-order valence-electron chi connectivity index (χ2n) is 4.71. The standard InChI is InChI=1S/C15H12ClFN4O2/c1-20(23-2)14(22)12-13(9-4-3-5-10(17)8-9)21-11(19-12)6-7-18-15(21)16/h3-8H,1-2H3. The third-order valence-electron chi connectivity index (χ3n) is 3.35. The zero-order valence-corrected chi connectivity index (χ0v) is 13.1. The molecule has 0 aliphatic rings. The van der Waals surface area contributed by atoms with Crippen LogP contribution in [0.25, 0.3) is 16.9 Å². The number of fused-ring (bicyclic) bond motifs is 1. The molecule has 0 aliphatic heterocycles. The third kappa shape index (κ3) is 2.64. The molecule has 6 nitrogen and oxygen atoms in total. The van der Waals surface area contributed by atoms with E-state index in [0.29, 0.717) is 16.9 Å². The highest BCUT2D eigenvalue weighted by atomic mass is 35.5. The van der Waals surface area contributed by atoms with E-state index in [1.807, 2.05) is 0 Å². The number of hydroxylamine groups is 2. The molecule has 0 saturated carbocycles. The molecule has 2 aromatic heterocycles. The summed E-state index contributed by atoms with van der Waals surface area (Å²) in [5.41, 5.74) is 1.33. The maximum absolute atomic E-state index is 13.6. The maximum atomic E-state index is 13.6. The van der Waals surface area contributed by atoms with Gasteiger partial charge in [0, 0.05) is 18.8 Å². The van der Waals surface area contributed by atoms with Crippen molar-refractivity contribution in [3.8, 4) is 11.3 Å². The molecule has 0 radical (unpaired) electrons. The van der Waals surface area contributed by atoms with Gasteiger partial charge in [-0.1, -0.05) is 12.1 Å². The first-order valence-electron chi connectivity index (χ1n) is 6.64. The Morgan fingerprint density at radius 3 is 2.87 bits per heavy atom. The van der Waals surface area contributed by atoms with Crippen molar-refractivity contribution in [2.75, 3.05) is 14.2 Å². The van der Waals surface area contributed by atoms with Crippen LogP contribution in [0.1, 0.15) is 10.5 Å². The van der Waals surface area contributed by atoms with Gasteiger partial charge in [-0.05, 0) is 29.8 Å². The molecule has 0 saturated heterocycles. The van der Waals surface area contributed by atoms with E-state index in [0.717, 1.165) is 5.06 Å². The van der Waals surface area contributed by atoms with Crippen LogP contribution in [0.5, 0.6) is 0 Å². The van der Waals surface area contributed by atoms with Crippen LogP contribution in [-0.4, -0.2) is 39.5 Å². The molecular weight excluding hydrogens is 323 g/mol. The smallest absolute Gasteiger partial charge is 0.274 e. The Morgan fingerprint density at radius 1 is 1.39 bits per heavy atom. The van der Waals surface area contributed by atoms with Gasteiger partial charge in [0.2, 0.25) is 5.28 Å². The minimum absolute atomic E-state index is 0.0925. The van der Waals surface area contributed by atoms with Gasteiger partial charge in [0.05, 0.1) is 12.8 Å². The lowest BCUT2D eigenvalue weighted by atomic mass is 10.1. The minimum atomic E-state index is -0.480. The number of aromatic nitrogens is 3. The number of carbonyl (C=O) groups excluding carboxylic acids is 1. The van der Waals surface area contributed by atoms with Gasteiger partial charge >= 0.3 is 0 Å². The van der Waals surface area contributed by atoms with Crippen molar-refractivity contribution in [1.82, 2.24) is 19.4 Å². The predicted octanol–water partition coefficient (Wildman–Crippen LogP) is 2.82. The summed E-state index contributed by atoms with van der Waals surface area (Å²) in [6, 6.07) is 7.44. The van der Waals surface area contributed by atoms with E-state index in [1.165, 1.54) is 36.9 Å². The average Bonchev–Trinajstić information content (AvgIpc) is 2.94. The van der Waals surface area contributed by atoms with E-state index >= 15 is 0 Å². The molecule has 8 heteroatoms. The first kappa shape index (κ1) is 15.4. The largest absolute Gasteiger partial charge is 0.298 e. The summed E-state index contributed by atoms with van der Waals surface area (Å²) < 4.78 is 15.1. The van der Waals surface area contributed by atoms with E-state index < -0.39 is 11.7 Å². The highest BCUT2D eigenvalue weighted by Crippen LogP contribution is 2.28. The van der Waals surface area contributed by atoms with Crippen molar-refractivity contribution < 1.29 is 14.0 Å². The number of imidazole rings is 1. The Bertz CT molecular complexity index is 896. The predicted molar refractivity (Wildman–Crippen MR) is 82.5 cm³/mol. The molecule has 0 spiro atoms. The van der Waals surface area contributed by atoms with Crippen molar-refractivity contribution in [3.63, 3.8) is 0 Å². The highest BCUT2D eigenvalue weighted by molar-refractivity contribution is 6.28. The van der Waals surface area contributed by atoms with E-state index in [-0.39, 0.29) is 11.0 Å². The zero-order valence-electron chi connectivity index (χ0n) is 12.3. The van der Waals surface area contributed by atoms with Crippen molar-refractivity contribution in [2.45, 2.75) is 0 Å². The van der Waals surface area contributed by atoms with E-state index in [2.05, 4.69) is 9.97 Å². The fourth-order valence-corrected chi connectivity index (χ4v) is 2.47. The summed E-state index contributed by atoms with van der Waals surface area (Å²) in [5.74, 6) is -0.914. The normalized spacial score (nSPS) is 11.0. The fraction of sp³-hybridized carbons (Fsp3) is 0.133. The van der Waals surface area contributed by atoms with Gasteiger partial charge in [-0.25, -0.2) is 19.4 Å². The van der Waals surface area contributed by atoms with Crippen LogP contribution in [0.3, 0.4) is 0 Å². The molecule has 0 bridgehead atoms. The Balaban J connectivity index is 2.34. The van der Waals surface area contributed by atoms with Gasteiger partial charge in [0.15, 0.2) is 5.69 Å². The molecule has 3 aromatic rings. The molecule has 1 amide bonds. The lowest BCUT2D eigenvalue weighted by molar-refractivity contribution is -0.0759. The number of hydrogen-bond acceptors (Lipinski definition) is 4. The van der Waals surface area contributed by atoms with E-state index in [1.54, 1.807) is 18.2 Å². The van der Waals surface area contributed by atoms with E-state index in [9.17, 15) is 9.18 Å². The summed E-state index contributed by atoms with van der Waals surface area (Å²) >= 11 is 6.15. The van der Waals surface area contributed by atoms with Gasteiger partial charge in [-0.15, -0.1) is 0 Å². The monoisotopic (exact) mass is 334 g/mol. The summed E-state index contributed by atoms with van der Waals surface area (Å²) in [6.07, 6.45) is 1.48. The number of nitrogens with zero attached hydrogens (tertiary/aromatic N) is 4. The van der Waals surface area contributed by atoms with Crippen LogP contribution in [0.2, 0.25) is 5.28 Å². The molecule has 0 unspecified atom stereocenters. The summed E-state index contributed by atoms with van der Waals surface area (Å²) in [5, 5.41) is 1.15. The Morgan fingerprint density at radius 2 is 2.17 bits per heavy atom. The van der Waals surface area contributed by atoms with Crippen molar-refractivity contribution in [1.29, 1.82) is 0 Å². The van der Waals surface area contributed by atoms with Gasteiger partial charge < -0.3 is 0 Å². The molecule has 2 heterocycles. The highest BCUT2D eigenvalue weighted by Gasteiger charge is 2.24. The van der Waals surface area contributed by atoms with Gasteiger partial charge in [-0.3, -0.25) is 14.0 Å². The molecular formula is C15H12ClFN4O2. The fourth-order valence-electron chi connectivity index (χ4n) is 2.24. The number of rotatable bonds is 3. The minimum Gasteiger partial charge on any atom is -0.274 e. The number of halogens is 2. The van der Waals surface area contributed by atoms with Crippen molar-refractivity contribution >= 4 is 23.2 Å². The molecule has 0 N–H and O–H groups in total. The van der Waals surface area contributed by atoms with Gasteiger partial charge in [-0.2, -0.15) is 0 Å².